The zero-order valence-electron chi connectivity index (χ0n) is 25.1. The molecule has 0 saturated carbocycles. The van der Waals surface area contributed by atoms with Crippen molar-refractivity contribution in [1.29, 1.82) is 0 Å². The summed E-state index contributed by atoms with van der Waals surface area (Å²) in [6.45, 7) is 0.326. The summed E-state index contributed by atoms with van der Waals surface area (Å²) in [7, 11) is 1.45. The average molecular weight is 627 g/mol. The van der Waals surface area contributed by atoms with Crippen LogP contribution >= 0.6 is 0 Å². The number of aliphatic hydroxyl groups excluding tert-OH is 4. The van der Waals surface area contributed by atoms with E-state index in [4.69, 9.17) is 33.2 Å². The average Bonchev–Trinajstić information content (AvgIpc) is 3.08. The van der Waals surface area contributed by atoms with Gasteiger partial charge in [-0.3, -0.25) is 0 Å². The molecule has 3 aromatic rings. The Morgan fingerprint density at radius 1 is 0.578 bits per heavy atom. The van der Waals surface area contributed by atoms with Crippen molar-refractivity contribution in [3.63, 3.8) is 0 Å². The van der Waals surface area contributed by atoms with Gasteiger partial charge in [0.05, 0.1) is 33.0 Å². The van der Waals surface area contributed by atoms with Crippen LogP contribution in [0.3, 0.4) is 0 Å². The molecular formula is C34H42O11. The maximum Gasteiger partial charge on any atom is 0.187 e. The lowest BCUT2D eigenvalue weighted by molar-refractivity contribution is -0.372. The second kappa shape index (κ2) is 16.7. The van der Waals surface area contributed by atoms with Crippen molar-refractivity contribution >= 4 is 0 Å². The molecule has 0 radical (unpaired) electrons. The molecule has 0 bridgehead atoms. The van der Waals surface area contributed by atoms with Crippen molar-refractivity contribution in [2.45, 2.75) is 81.2 Å². The van der Waals surface area contributed by atoms with Crippen molar-refractivity contribution in [2.24, 2.45) is 0 Å². The number of ether oxygens (including phenoxy) is 7. The number of hydrogen-bond donors (Lipinski definition) is 4. The minimum absolute atomic E-state index is 0.145. The summed E-state index contributed by atoms with van der Waals surface area (Å²) in [5.41, 5.74) is 2.84. The number of benzene rings is 3. The summed E-state index contributed by atoms with van der Waals surface area (Å²) < 4.78 is 43.2. The first-order chi connectivity index (χ1) is 22.0. The molecule has 0 amide bonds. The Bertz CT molecular complexity index is 1250. The first kappa shape index (κ1) is 33.6. The Kier molecular flexibility index (Phi) is 12.4. The maximum absolute atomic E-state index is 10.8. The van der Waals surface area contributed by atoms with E-state index in [0.717, 1.165) is 16.7 Å². The molecule has 0 unspecified atom stereocenters. The van der Waals surface area contributed by atoms with E-state index in [-0.39, 0.29) is 19.8 Å². The molecule has 45 heavy (non-hydrogen) atoms. The Labute approximate surface area is 262 Å². The normalized spacial score (nSPS) is 31.9. The van der Waals surface area contributed by atoms with Gasteiger partial charge in [0, 0.05) is 7.11 Å². The minimum Gasteiger partial charge on any atom is -0.394 e. The van der Waals surface area contributed by atoms with Crippen LogP contribution in [0.5, 0.6) is 0 Å². The molecule has 10 atom stereocenters. The molecule has 2 aliphatic rings. The molecule has 0 aromatic heterocycles. The molecule has 0 spiro atoms. The van der Waals surface area contributed by atoms with E-state index in [0.29, 0.717) is 6.61 Å². The van der Waals surface area contributed by atoms with E-state index < -0.39 is 68.0 Å². The fourth-order valence-corrected chi connectivity index (χ4v) is 5.47. The molecule has 11 heteroatoms. The summed E-state index contributed by atoms with van der Waals surface area (Å²) in [6, 6.07) is 29.0. The highest BCUT2D eigenvalue weighted by Crippen LogP contribution is 2.33. The van der Waals surface area contributed by atoms with Crippen LogP contribution in [0.2, 0.25) is 0 Å². The van der Waals surface area contributed by atoms with Gasteiger partial charge in [0.25, 0.3) is 0 Å². The summed E-state index contributed by atoms with van der Waals surface area (Å²) in [4.78, 5) is 0. The first-order valence-corrected chi connectivity index (χ1v) is 15.1. The Hall–Kier alpha value is -2.78. The second-order valence-corrected chi connectivity index (χ2v) is 11.1. The zero-order valence-corrected chi connectivity index (χ0v) is 25.1. The van der Waals surface area contributed by atoms with Gasteiger partial charge < -0.3 is 53.6 Å². The third-order valence-corrected chi connectivity index (χ3v) is 7.93. The molecule has 3 aromatic carbocycles. The fourth-order valence-electron chi connectivity index (χ4n) is 5.47. The third-order valence-electron chi connectivity index (χ3n) is 7.93. The van der Waals surface area contributed by atoms with E-state index in [1.165, 1.54) is 7.11 Å². The number of rotatable bonds is 14. The lowest BCUT2D eigenvalue weighted by Gasteiger charge is -2.48. The summed E-state index contributed by atoms with van der Waals surface area (Å²) in [5, 5.41) is 41.2. The summed E-state index contributed by atoms with van der Waals surface area (Å²) in [6.07, 6.45) is -11.7. The molecule has 2 saturated heterocycles. The van der Waals surface area contributed by atoms with E-state index >= 15 is 0 Å². The van der Waals surface area contributed by atoms with E-state index in [9.17, 15) is 20.4 Å². The van der Waals surface area contributed by atoms with Gasteiger partial charge in [0.1, 0.15) is 48.8 Å². The number of hydrogen-bond acceptors (Lipinski definition) is 11. The van der Waals surface area contributed by atoms with Crippen molar-refractivity contribution < 1.29 is 53.6 Å². The lowest BCUT2D eigenvalue weighted by atomic mass is 9.96. The highest BCUT2D eigenvalue weighted by atomic mass is 16.8. The van der Waals surface area contributed by atoms with Crippen LogP contribution in [0.1, 0.15) is 16.7 Å². The Morgan fingerprint density at radius 2 is 1.09 bits per heavy atom. The highest BCUT2D eigenvalue weighted by Gasteiger charge is 2.52. The van der Waals surface area contributed by atoms with Crippen LogP contribution < -0.4 is 0 Å². The van der Waals surface area contributed by atoms with Crippen LogP contribution in [-0.4, -0.2) is 102 Å². The van der Waals surface area contributed by atoms with Crippen LogP contribution in [0, 0.1) is 0 Å². The molecule has 11 nitrogen and oxygen atoms in total. The van der Waals surface area contributed by atoms with Gasteiger partial charge in [-0.15, -0.1) is 0 Å². The van der Waals surface area contributed by atoms with E-state index in [1.807, 2.05) is 91.0 Å². The molecule has 2 heterocycles. The Morgan fingerprint density at radius 3 is 1.62 bits per heavy atom. The lowest BCUT2D eigenvalue weighted by Crippen LogP contribution is -2.65. The van der Waals surface area contributed by atoms with Gasteiger partial charge in [-0.1, -0.05) is 91.0 Å². The Balaban J connectivity index is 1.42. The second-order valence-electron chi connectivity index (χ2n) is 11.1. The molecule has 4 N–H and O–H groups in total. The van der Waals surface area contributed by atoms with Crippen molar-refractivity contribution in [1.82, 2.24) is 0 Å². The summed E-state index contributed by atoms with van der Waals surface area (Å²) >= 11 is 0. The van der Waals surface area contributed by atoms with E-state index in [1.54, 1.807) is 0 Å². The van der Waals surface area contributed by atoms with Crippen LogP contribution in [0.4, 0.5) is 0 Å². The smallest absolute Gasteiger partial charge is 0.187 e. The van der Waals surface area contributed by atoms with Gasteiger partial charge in [-0.2, -0.15) is 0 Å². The van der Waals surface area contributed by atoms with Gasteiger partial charge in [0.2, 0.25) is 0 Å². The molecule has 0 aliphatic carbocycles. The monoisotopic (exact) mass is 626 g/mol. The van der Waals surface area contributed by atoms with Gasteiger partial charge >= 0.3 is 0 Å². The largest absolute Gasteiger partial charge is 0.394 e. The number of methoxy groups -OCH3 is 1. The topological polar surface area (TPSA) is 146 Å². The fraction of sp³-hybridized carbons (Fsp3) is 0.471. The first-order valence-electron chi connectivity index (χ1n) is 15.1. The van der Waals surface area contributed by atoms with Crippen molar-refractivity contribution in [3.8, 4) is 0 Å². The predicted molar refractivity (Wildman–Crippen MR) is 160 cm³/mol. The van der Waals surface area contributed by atoms with Crippen LogP contribution in [0.15, 0.2) is 91.0 Å². The van der Waals surface area contributed by atoms with Gasteiger partial charge in [-0.25, -0.2) is 0 Å². The van der Waals surface area contributed by atoms with Crippen LogP contribution in [-0.2, 0) is 53.0 Å². The molecule has 244 valence electrons. The molecule has 5 rings (SSSR count). The SMILES string of the molecule is CO[C@H]1O[C@H](COCc2ccccc2)[C@@H](OCc2ccccc2)[C@H](OCc2ccccc2)[C@H]1O[C@@H]1O[C@H](CO)[C@@H](O)[C@H](O)[C@H]1O. The highest BCUT2D eigenvalue weighted by molar-refractivity contribution is 5.15. The van der Waals surface area contributed by atoms with Crippen molar-refractivity contribution in [2.75, 3.05) is 20.3 Å². The zero-order chi connectivity index (χ0) is 31.6. The molecular weight excluding hydrogens is 584 g/mol. The summed E-state index contributed by atoms with van der Waals surface area (Å²) in [5.74, 6) is 0. The van der Waals surface area contributed by atoms with Gasteiger partial charge in [0.15, 0.2) is 12.6 Å². The third kappa shape index (κ3) is 8.73. The standard InChI is InChI=1S/C34H42O11/c1-39-34-32(45-33-29(38)28(37)27(36)25(17-35)43-33)31(42-20-24-15-9-4-10-16-24)30(41-19-23-13-7-3-8-14-23)26(44-34)21-40-18-22-11-5-2-6-12-22/h2-16,25-38H,17-21H2,1H3/t25-,26-,27-,28+,29-,30-,31+,32-,33+,34+/m1/s1. The predicted octanol–water partition coefficient (Wildman–Crippen LogP) is 1.93. The maximum atomic E-state index is 10.8. The van der Waals surface area contributed by atoms with E-state index in [2.05, 4.69) is 0 Å². The minimum atomic E-state index is -1.63. The van der Waals surface area contributed by atoms with Crippen molar-refractivity contribution in [3.05, 3.63) is 108 Å². The quantitative estimate of drug-likeness (QED) is 0.208. The molecule has 2 aliphatic heterocycles. The van der Waals surface area contributed by atoms with Crippen LogP contribution in [0.25, 0.3) is 0 Å². The van der Waals surface area contributed by atoms with Gasteiger partial charge in [-0.05, 0) is 16.7 Å². The number of aliphatic hydroxyl groups is 4. The molecule has 2 fully saturated rings.